The summed E-state index contributed by atoms with van der Waals surface area (Å²) in [5.41, 5.74) is 7.02. The number of aryl methyl sites for hydroxylation is 1. The topological polar surface area (TPSA) is 58.9 Å². The molecule has 4 aromatic rings. The molecule has 0 spiro atoms. The van der Waals surface area contributed by atoms with E-state index in [1.807, 2.05) is 30.1 Å². The summed E-state index contributed by atoms with van der Waals surface area (Å²) < 4.78 is 2.01. The lowest BCUT2D eigenvalue weighted by atomic mass is 10.0. The fourth-order valence-corrected chi connectivity index (χ4v) is 6.38. The molecule has 0 saturated carbocycles. The molecule has 4 heterocycles. The Balaban J connectivity index is 1.39. The van der Waals surface area contributed by atoms with E-state index in [-0.39, 0.29) is 3.55 Å². The number of pyridine rings is 1. The summed E-state index contributed by atoms with van der Waals surface area (Å²) in [5, 5.41) is 7.55. The Morgan fingerprint density at radius 2 is 1.97 bits per heavy atom. The van der Waals surface area contributed by atoms with Gasteiger partial charge in [0, 0.05) is 41.0 Å². The van der Waals surface area contributed by atoms with Crippen molar-refractivity contribution in [3.63, 3.8) is 0 Å². The van der Waals surface area contributed by atoms with Crippen molar-refractivity contribution in [2.45, 2.75) is 42.5 Å². The van der Waals surface area contributed by atoms with Gasteiger partial charge in [-0.15, -0.1) is 0 Å². The first kappa shape index (κ1) is 20.8. The van der Waals surface area contributed by atoms with Crippen molar-refractivity contribution in [2.75, 3.05) is 0 Å². The molecule has 1 aliphatic rings. The molecule has 0 aliphatic carbocycles. The lowest BCUT2D eigenvalue weighted by Crippen LogP contribution is -2.29. The number of hydrogen-bond donors (Lipinski definition) is 1. The number of halogens is 1. The van der Waals surface area contributed by atoms with Crippen molar-refractivity contribution in [3.05, 3.63) is 82.9 Å². The Hall–Kier alpha value is -2.13. The molecular weight excluding hydrogens is 517 g/mol. The third-order valence-electron chi connectivity index (χ3n) is 5.96. The first-order chi connectivity index (χ1) is 14.9. The van der Waals surface area contributed by atoms with Gasteiger partial charge >= 0.3 is 0 Å². The summed E-state index contributed by atoms with van der Waals surface area (Å²) >= 11 is 4.36. The molecule has 0 saturated heterocycles. The number of alkyl halides is 1. The minimum Gasteiger partial charge on any atom is -0.346 e. The highest BCUT2D eigenvalue weighted by molar-refractivity contribution is 14.1. The molecule has 0 bridgehead atoms. The van der Waals surface area contributed by atoms with Crippen LogP contribution < -0.4 is 0 Å². The number of aromatic nitrogens is 4. The Kier molecular flexibility index (Phi) is 5.42. The lowest BCUT2D eigenvalue weighted by Gasteiger charge is -2.22. The first-order valence-electron chi connectivity index (χ1n) is 10.4. The van der Waals surface area contributed by atoms with Gasteiger partial charge in [0.15, 0.2) is 0 Å². The number of rotatable bonds is 5. The van der Waals surface area contributed by atoms with Crippen LogP contribution in [0.25, 0.3) is 11.0 Å². The molecule has 158 valence electrons. The van der Waals surface area contributed by atoms with Crippen molar-refractivity contribution in [2.24, 2.45) is 4.99 Å². The monoisotopic (exact) mass is 541 g/mol. The third-order valence-corrected chi connectivity index (χ3v) is 8.82. The predicted molar refractivity (Wildman–Crippen MR) is 137 cm³/mol. The maximum absolute atomic E-state index is 5.04. The van der Waals surface area contributed by atoms with Gasteiger partial charge in [0.1, 0.15) is 9.19 Å². The standard InChI is InChI=1S/C24H24IN5S/c1-15-20(12-18-13-27-22-19(18)10-7-11-26-22)16(2)30(29-15)14-21-24(3,25)28-23(31-21)17-8-5-4-6-9-17/h4-11,13,21H,12,14H2,1-3H3,(H,26,27)/t21?,24-/m1/s1. The zero-order valence-electron chi connectivity index (χ0n) is 17.8. The fourth-order valence-electron chi connectivity index (χ4n) is 4.13. The summed E-state index contributed by atoms with van der Waals surface area (Å²) in [6.07, 6.45) is 4.75. The van der Waals surface area contributed by atoms with E-state index < -0.39 is 0 Å². The molecule has 2 atom stereocenters. The molecule has 0 fully saturated rings. The average molecular weight is 541 g/mol. The highest BCUT2D eigenvalue weighted by atomic mass is 127. The number of hydrogen-bond acceptors (Lipinski definition) is 4. The molecule has 3 aromatic heterocycles. The van der Waals surface area contributed by atoms with E-state index in [2.05, 4.69) is 94.5 Å². The van der Waals surface area contributed by atoms with Crippen LogP contribution in [0.1, 0.15) is 35.0 Å². The van der Waals surface area contributed by atoms with Crippen LogP contribution >= 0.6 is 34.4 Å². The summed E-state index contributed by atoms with van der Waals surface area (Å²) in [7, 11) is 0. The third kappa shape index (κ3) is 3.93. The van der Waals surface area contributed by atoms with Crippen LogP contribution in [0.4, 0.5) is 0 Å². The smallest absolute Gasteiger partial charge is 0.137 e. The summed E-state index contributed by atoms with van der Waals surface area (Å²) in [4.78, 5) is 12.7. The van der Waals surface area contributed by atoms with Crippen molar-refractivity contribution >= 4 is 50.4 Å². The molecule has 0 amide bonds. The fraction of sp³-hybridized carbons (Fsp3) is 0.292. The van der Waals surface area contributed by atoms with E-state index >= 15 is 0 Å². The number of thioether (sulfide) groups is 1. The number of aromatic amines is 1. The SMILES string of the molecule is Cc1nn(CC2SC(c3ccccc3)=N[C@@]2(C)I)c(C)c1Cc1c[nH]c2ncccc12. The van der Waals surface area contributed by atoms with E-state index in [0.717, 1.165) is 29.4 Å². The summed E-state index contributed by atoms with van der Waals surface area (Å²) in [5.74, 6) is 0. The van der Waals surface area contributed by atoms with Crippen molar-refractivity contribution < 1.29 is 0 Å². The molecule has 31 heavy (non-hydrogen) atoms. The largest absolute Gasteiger partial charge is 0.346 e. The van der Waals surface area contributed by atoms with Crippen LogP contribution in [0.15, 0.2) is 59.9 Å². The van der Waals surface area contributed by atoms with Crippen LogP contribution in [-0.4, -0.2) is 33.6 Å². The Bertz CT molecular complexity index is 1270. The predicted octanol–water partition coefficient (Wildman–Crippen LogP) is 5.68. The lowest BCUT2D eigenvalue weighted by molar-refractivity contribution is 0.528. The van der Waals surface area contributed by atoms with Gasteiger partial charge in [-0.05, 0) is 38.5 Å². The van der Waals surface area contributed by atoms with E-state index in [0.29, 0.717) is 5.25 Å². The van der Waals surface area contributed by atoms with Gasteiger partial charge in [-0.3, -0.25) is 9.67 Å². The second-order valence-electron chi connectivity index (χ2n) is 8.14. The normalized spacial score (nSPS) is 21.0. The molecule has 0 radical (unpaired) electrons. The minimum absolute atomic E-state index is 0.164. The van der Waals surface area contributed by atoms with E-state index in [1.54, 1.807) is 0 Å². The first-order valence-corrected chi connectivity index (χ1v) is 12.3. The van der Waals surface area contributed by atoms with E-state index in [1.165, 1.54) is 27.8 Å². The van der Waals surface area contributed by atoms with Gasteiger partial charge < -0.3 is 4.98 Å². The second-order valence-corrected chi connectivity index (χ2v) is 11.5. The number of fused-ring (bicyclic) bond motifs is 1. The molecule has 5 rings (SSSR count). The zero-order chi connectivity index (χ0) is 21.6. The van der Waals surface area contributed by atoms with Crippen LogP contribution in [0.5, 0.6) is 0 Å². The Morgan fingerprint density at radius 1 is 1.16 bits per heavy atom. The number of benzene rings is 1. The van der Waals surface area contributed by atoms with Gasteiger partial charge in [-0.25, -0.2) is 4.98 Å². The van der Waals surface area contributed by atoms with E-state index in [4.69, 9.17) is 10.1 Å². The molecule has 1 aromatic carbocycles. The highest BCUT2D eigenvalue weighted by Gasteiger charge is 2.39. The van der Waals surface area contributed by atoms with Crippen LogP contribution in [0.3, 0.4) is 0 Å². The van der Waals surface area contributed by atoms with Crippen LogP contribution in [0, 0.1) is 13.8 Å². The highest BCUT2D eigenvalue weighted by Crippen LogP contribution is 2.43. The van der Waals surface area contributed by atoms with Crippen LogP contribution in [0.2, 0.25) is 0 Å². The quantitative estimate of drug-likeness (QED) is 0.201. The van der Waals surface area contributed by atoms with Gasteiger partial charge in [-0.1, -0.05) is 64.7 Å². The maximum Gasteiger partial charge on any atom is 0.137 e. The molecule has 1 unspecified atom stereocenters. The average Bonchev–Trinajstić information content (AvgIpc) is 3.39. The summed E-state index contributed by atoms with van der Waals surface area (Å²) in [6.45, 7) is 7.35. The van der Waals surface area contributed by atoms with Gasteiger partial charge in [-0.2, -0.15) is 5.10 Å². The van der Waals surface area contributed by atoms with Crippen LogP contribution in [-0.2, 0) is 13.0 Å². The summed E-state index contributed by atoms with van der Waals surface area (Å²) in [6, 6.07) is 14.6. The van der Waals surface area contributed by atoms with Crippen molar-refractivity contribution in [3.8, 4) is 0 Å². The molecule has 1 N–H and O–H groups in total. The Morgan fingerprint density at radius 3 is 2.77 bits per heavy atom. The minimum atomic E-state index is -0.164. The van der Waals surface area contributed by atoms with Crippen molar-refractivity contribution in [1.82, 2.24) is 19.7 Å². The van der Waals surface area contributed by atoms with Gasteiger partial charge in [0.05, 0.1) is 22.5 Å². The van der Waals surface area contributed by atoms with Gasteiger partial charge in [0.25, 0.3) is 0 Å². The number of nitrogens with one attached hydrogen (secondary N) is 1. The molecular formula is C24H24IN5S. The Labute approximate surface area is 199 Å². The number of H-pyrrole nitrogens is 1. The van der Waals surface area contributed by atoms with Gasteiger partial charge in [0.2, 0.25) is 0 Å². The zero-order valence-corrected chi connectivity index (χ0v) is 20.7. The molecule has 7 heteroatoms. The number of nitrogens with zero attached hydrogens (tertiary/aromatic N) is 4. The second kappa shape index (κ2) is 8.09. The maximum atomic E-state index is 5.04. The molecule has 1 aliphatic heterocycles. The molecule has 5 nitrogen and oxygen atoms in total. The van der Waals surface area contributed by atoms with E-state index in [9.17, 15) is 0 Å². The number of aliphatic imine (C=N–C) groups is 1. The van der Waals surface area contributed by atoms with Crippen molar-refractivity contribution in [1.29, 1.82) is 0 Å².